The van der Waals surface area contributed by atoms with E-state index in [0.29, 0.717) is 18.1 Å². The molecule has 0 aromatic carbocycles. The minimum absolute atomic E-state index is 0.374. The third kappa shape index (κ3) is 2.34. The maximum absolute atomic E-state index is 11.1. The molecule has 0 saturated heterocycles. The van der Waals surface area contributed by atoms with E-state index >= 15 is 0 Å². The van der Waals surface area contributed by atoms with Crippen LogP contribution in [0.5, 0.6) is 0 Å². The van der Waals surface area contributed by atoms with Gasteiger partial charge in [-0.2, -0.15) is 10.2 Å². The van der Waals surface area contributed by atoms with Gasteiger partial charge in [0.1, 0.15) is 11.5 Å². The Kier molecular flexibility index (Phi) is 3.05. The molecule has 18 heavy (non-hydrogen) atoms. The zero-order chi connectivity index (χ0) is 13.3. The SMILES string of the molecule is Cc1cc(CNc2cc(C(N)=O)n(C)n2)n(C)n1. The molecule has 2 rings (SSSR count). The fourth-order valence-electron chi connectivity index (χ4n) is 1.80. The fourth-order valence-corrected chi connectivity index (χ4v) is 1.80. The van der Waals surface area contributed by atoms with Gasteiger partial charge in [0.15, 0.2) is 0 Å². The second kappa shape index (κ2) is 4.52. The number of aryl methyl sites for hydroxylation is 3. The molecule has 0 unspecified atom stereocenters. The number of primary amides is 1. The van der Waals surface area contributed by atoms with Gasteiger partial charge in [0.25, 0.3) is 5.91 Å². The molecule has 7 heteroatoms. The van der Waals surface area contributed by atoms with Gasteiger partial charge in [0.05, 0.1) is 17.9 Å². The van der Waals surface area contributed by atoms with Gasteiger partial charge in [0.2, 0.25) is 0 Å². The van der Waals surface area contributed by atoms with E-state index in [1.165, 1.54) is 4.68 Å². The largest absolute Gasteiger partial charge is 0.364 e. The van der Waals surface area contributed by atoms with E-state index in [0.717, 1.165) is 11.4 Å². The molecule has 0 aliphatic carbocycles. The highest BCUT2D eigenvalue weighted by molar-refractivity contribution is 5.91. The van der Waals surface area contributed by atoms with Gasteiger partial charge in [-0.1, -0.05) is 0 Å². The van der Waals surface area contributed by atoms with Crippen LogP contribution < -0.4 is 11.1 Å². The van der Waals surface area contributed by atoms with Crippen LogP contribution in [0.2, 0.25) is 0 Å². The van der Waals surface area contributed by atoms with Crippen molar-refractivity contribution in [1.29, 1.82) is 0 Å². The van der Waals surface area contributed by atoms with Gasteiger partial charge in [-0.15, -0.1) is 0 Å². The molecular weight excluding hydrogens is 232 g/mol. The summed E-state index contributed by atoms with van der Waals surface area (Å²) in [7, 11) is 3.57. The summed E-state index contributed by atoms with van der Waals surface area (Å²) in [5.41, 5.74) is 7.60. The van der Waals surface area contributed by atoms with Gasteiger partial charge < -0.3 is 11.1 Å². The van der Waals surface area contributed by atoms with Crippen LogP contribution in [0.25, 0.3) is 0 Å². The summed E-state index contributed by atoms with van der Waals surface area (Å²) < 4.78 is 3.26. The highest BCUT2D eigenvalue weighted by atomic mass is 16.1. The van der Waals surface area contributed by atoms with Crippen LogP contribution >= 0.6 is 0 Å². The van der Waals surface area contributed by atoms with Crippen LogP contribution in [0, 0.1) is 6.92 Å². The zero-order valence-electron chi connectivity index (χ0n) is 10.6. The van der Waals surface area contributed by atoms with Crippen LogP contribution in [-0.4, -0.2) is 25.5 Å². The molecule has 2 aromatic rings. The van der Waals surface area contributed by atoms with Crippen molar-refractivity contribution in [2.75, 3.05) is 5.32 Å². The van der Waals surface area contributed by atoms with E-state index in [4.69, 9.17) is 5.73 Å². The Labute approximate surface area is 105 Å². The molecule has 3 N–H and O–H groups in total. The van der Waals surface area contributed by atoms with Gasteiger partial charge >= 0.3 is 0 Å². The van der Waals surface area contributed by atoms with Crippen molar-refractivity contribution in [1.82, 2.24) is 19.6 Å². The van der Waals surface area contributed by atoms with Crippen molar-refractivity contribution in [3.63, 3.8) is 0 Å². The van der Waals surface area contributed by atoms with E-state index in [1.54, 1.807) is 17.8 Å². The first kappa shape index (κ1) is 12.2. The van der Waals surface area contributed by atoms with E-state index in [9.17, 15) is 4.79 Å². The Hall–Kier alpha value is -2.31. The van der Waals surface area contributed by atoms with Crippen molar-refractivity contribution in [2.24, 2.45) is 19.8 Å². The number of amides is 1. The van der Waals surface area contributed by atoms with Gasteiger partial charge in [-0.25, -0.2) is 0 Å². The number of nitrogens with one attached hydrogen (secondary N) is 1. The van der Waals surface area contributed by atoms with Gasteiger partial charge in [0, 0.05) is 20.2 Å². The lowest BCUT2D eigenvalue weighted by Crippen LogP contribution is -2.15. The predicted molar refractivity (Wildman–Crippen MR) is 67.0 cm³/mol. The van der Waals surface area contributed by atoms with Crippen LogP contribution in [0.3, 0.4) is 0 Å². The molecule has 0 spiro atoms. The standard InChI is InChI=1S/C11H16N6O/c1-7-4-8(16(2)14-7)6-13-10-5-9(11(12)18)17(3)15-10/h4-5H,6H2,1-3H3,(H2,12,18)(H,13,15). The molecule has 0 atom stereocenters. The first-order chi connectivity index (χ1) is 8.47. The number of nitrogens with two attached hydrogens (primary N) is 1. The second-order valence-corrected chi connectivity index (χ2v) is 4.16. The monoisotopic (exact) mass is 248 g/mol. The number of carbonyl (C=O) groups excluding carboxylic acids is 1. The minimum Gasteiger partial charge on any atom is -0.364 e. The average Bonchev–Trinajstić information content (AvgIpc) is 2.79. The quantitative estimate of drug-likeness (QED) is 0.807. The van der Waals surface area contributed by atoms with Crippen LogP contribution in [0.15, 0.2) is 12.1 Å². The molecule has 0 aliphatic rings. The third-order valence-corrected chi connectivity index (χ3v) is 2.68. The molecule has 0 bridgehead atoms. The van der Waals surface area contributed by atoms with Gasteiger partial charge in [-0.3, -0.25) is 14.2 Å². The lowest BCUT2D eigenvalue weighted by atomic mass is 10.3. The molecule has 0 radical (unpaired) electrons. The topological polar surface area (TPSA) is 90.8 Å². The van der Waals surface area contributed by atoms with Crippen LogP contribution in [0.4, 0.5) is 5.82 Å². The molecule has 0 fully saturated rings. The fraction of sp³-hybridized carbons (Fsp3) is 0.364. The van der Waals surface area contributed by atoms with E-state index < -0.39 is 5.91 Å². The van der Waals surface area contributed by atoms with Crippen molar-refractivity contribution in [3.05, 3.63) is 29.2 Å². The Bertz CT molecular complexity index is 582. The van der Waals surface area contributed by atoms with Crippen molar-refractivity contribution in [3.8, 4) is 0 Å². The first-order valence-electron chi connectivity index (χ1n) is 5.54. The smallest absolute Gasteiger partial charge is 0.267 e. The molecule has 7 nitrogen and oxygen atoms in total. The Morgan fingerprint density at radius 3 is 2.56 bits per heavy atom. The average molecular weight is 248 g/mol. The number of nitrogens with zero attached hydrogens (tertiary/aromatic N) is 4. The molecular formula is C11H16N6O. The first-order valence-corrected chi connectivity index (χ1v) is 5.54. The zero-order valence-corrected chi connectivity index (χ0v) is 10.6. The Morgan fingerprint density at radius 1 is 1.33 bits per heavy atom. The summed E-state index contributed by atoms with van der Waals surface area (Å²) in [6.45, 7) is 2.53. The molecule has 0 aliphatic heterocycles. The van der Waals surface area contributed by atoms with E-state index in [1.807, 2.05) is 20.0 Å². The summed E-state index contributed by atoms with van der Waals surface area (Å²) in [4.78, 5) is 11.1. The highest BCUT2D eigenvalue weighted by Crippen LogP contribution is 2.10. The van der Waals surface area contributed by atoms with Crippen molar-refractivity contribution in [2.45, 2.75) is 13.5 Å². The summed E-state index contributed by atoms with van der Waals surface area (Å²) >= 11 is 0. The lowest BCUT2D eigenvalue weighted by molar-refractivity contribution is 0.0991. The maximum atomic E-state index is 11.1. The summed E-state index contributed by atoms with van der Waals surface area (Å²) in [5, 5.41) is 11.5. The number of hydrogen-bond acceptors (Lipinski definition) is 4. The maximum Gasteiger partial charge on any atom is 0.267 e. The number of hydrogen-bond donors (Lipinski definition) is 2. The number of aromatic nitrogens is 4. The summed E-state index contributed by atoms with van der Waals surface area (Å²) in [6, 6.07) is 3.62. The summed E-state index contributed by atoms with van der Waals surface area (Å²) in [6.07, 6.45) is 0. The number of carbonyl (C=O) groups is 1. The molecule has 2 aromatic heterocycles. The third-order valence-electron chi connectivity index (χ3n) is 2.68. The molecule has 0 saturated carbocycles. The highest BCUT2D eigenvalue weighted by Gasteiger charge is 2.10. The number of anilines is 1. The van der Waals surface area contributed by atoms with E-state index in [2.05, 4.69) is 15.5 Å². The van der Waals surface area contributed by atoms with Crippen LogP contribution in [0.1, 0.15) is 21.9 Å². The second-order valence-electron chi connectivity index (χ2n) is 4.16. The Balaban J connectivity index is 2.09. The van der Waals surface area contributed by atoms with Crippen LogP contribution in [-0.2, 0) is 20.6 Å². The summed E-state index contributed by atoms with van der Waals surface area (Å²) in [5.74, 6) is 0.125. The lowest BCUT2D eigenvalue weighted by Gasteiger charge is -2.02. The molecule has 1 amide bonds. The van der Waals surface area contributed by atoms with Gasteiger partial charge in [-0.05, 0) is 13.0 Å². The molecule has 96 valence electrons. The van der Waals surface area contributed by atoms with Crippen molar-refractivity contribution >= 4 is 11.7 Å². The molecule has 2 heterocycles. The predicted octanol–water partition coefficient (Wildman–Crippen LogP) is 0.173. The van der Waals surface area contributed by atoms with E-state index in [-0.39, 0.29) is 0 Å². The van der Waals surface area contributed by atoms with Crippen molar-refractivity contribution < 1.29 is 4.79 Å². The Morgan fingerprint density at radius 2 is 2.06 bits per heavy atom. The normalized spacial score (nSPS) is 10.6. The minimum atomic E-state index is -0.491. The number of rotatable bonds is 4.